The van der Waals surface area contributed by atoms with Crippen LogP contribution in [0.1, 0.15) is 18.1 Å². The number of phenols is 1. The fraction of sp³-hybridized carbons (Fsp3) is 0.417. The van der Waals surface area contributed by atoms with Gasteiger partial charge in [0.2, 0.25) is 0 Å². The van der Waals surface area contributed by atoms with Crippen LogP contribution >= 0.6 is 12.6 Å². The SMILES string of the molecule is CC(S)Cc1cc(O)ccc1C[C@H](N)C(=O)O. The highest BCUT2D eigenvalue weighted by Crippen LogP contribution is 2.20. The van der Waals surface area contributed by atoms with Crippen molar-refractivity contribution in [1.29, 1.82) is 0 Å². The fourth-order valence-corrected chi connectivity index (χ4v) is 1.84. The normalized spacial score (nSPS) is 14.3. The molecule has 1 unspecified atom stereocenters. The van der Waals surface area contributed by atoms with E-state index >= 15 is 0 Å². The van der Waals surface area contributed by atoms with Crippen molar-refractivity contribution in [2.24, 2.45) is 5.73 Å². The first kappa shape index (κ1) is 13.9. The van der Waals surface area contributed by atoms with Crippen molar-refractivity contribution < 1.29 is 15.0 Å². The van der Waals surface area contributed by atoms with Crippen LogP contribution in [-0.4, -0.2) is 27.5 Å². The van der Waals surface area contributed by atoms with Crippen LogP contribution in [-0.2, 0) is 17.6 Å². The number of nitrogens with two attached hydrogens (primary N) is 1. The number of hydrogen-bond acceptors (Lipinski definition) is 4. The molecule has 4 N–H and O–H groups in total. The average molecular weight is 255 g/mol. The number of carbonyl (C=O) groups is 1. The maximum atomic E-state index is 10.7. The molecule has 1 rings (SSSR count). The van der Waals surface area contributed by atoms with Gasteiger partial charge in [-0.1, -0.05) is 13.0 Å². The second-order valence-electron chi connectivity index (χ2n) is 4.16. The van der Waals surface area contributed by atoms with E-state index in [2.05, 4.69) is 12.6 Å². The molecule has 0 heterocycles. The lowest BCUT2D eigenvalue weighted by atomic mass is 9.97. The first-order chi connectivity index (χ1) is 7.90. The predicted molar refractivity (Wildman–Crippen MR) is 69.6 cm³/mol. The lowest BCUT2D eigenvalue weighted by molar-refractivity contribution is -0.138. The lowest BCUT2D eigenvalue weighted by Gasteiger charge is -2.13. The maximum Gasteiger partial charge on any atom is 0.320 e. The quantitative estimate of drug-likeness (QED) is 0.596. The monoisotopic (exact) mass is 255 g/mol. The molecule has 0 saturated carbocycles. The smallest absolute Gasteiger partial charge is 0.320 e. The van der Waals surface area contributed by atoms with Crippen LogP contribution in [0.15, 0.2) is 18.2 Å². The van der Waals surface area contributed by atoms with E-state index in [9.17, 15) is 9.90 Å². The summed E-state index contributed by atoms with van der Waals surface area (Å²) in [4.78, 5) is 10.7. The van der Waals surface area contributed by atoms with Crippen molar-refractivity contribution in [1.82, 2.24) is 0 Å². The summed E-state index contributed by atoms with van der Waals surface area (Å²) in [5.41, 5.74) is 7.24. The van der Waals surface area contributed by atoms with Gasteiger partial charge in [-0.25, -0.2) is 0 Å². The molecule has 0 bridgehead atoms. The summed E-state index contributed by atoms with van der Waals surface area (Å²) in [6.07, 6.45) is 0.921. The molecule has 17 heavy (non-hydrogen) atoms. The molecule has 2 atom stereocenters. The summed E-state index contributed by atoms with van der Waals surface area (Å²) in [5, 5.41) is 18.3. The Bertz CT molecular complexity index is 407. The third kappa shape index (κ3) is 4.28. The van der Waals surface area contributed by atoms with Gasteiger partial charge in [-0.3, -0.25) is 4.79 Å². The van der Waals surface area contributed by atoms with Crippen LogP contribution in [0.3, 0.4) is 0 Å². The van der Waals surface area contributed by atoms with E-state index in [1.54, 1.807) is 12.1 Å². The highest BCUT2D eigenvalue weighted by atomic mass is 32.1. The molecular formula is C12H17NO3S. The molecule has 0 amide bonds. The van der Waals surface area contributed by atoms with E-state index < -0.39 is 12.0 Å². The van der Waals surface area contributed by atoms with E-state index in [0.717, 1.165) is 11.1 Å². The molecule has 5 heteroatoms. The van der Waals surface area contributed by atoms with Crippen LogP contribution in [0.4, 0.5) is 0 Å². The Balaban J connectivity index is 2.93. The molecule has 1 aromatic rings. The van der Waals surface area contributed by atoms with Crippen molar-refractivity contribution in [2.45, 2.75) is 31.1 Å². The summed E-state index contributed by atoms with van der Waals surface area (Å²) in [5.74, 6) is -0.857. The first-order valence-corrected chi connectivity index (χ1v) is 5.89. The Morgan fingerprint density at radius 3 is 2.59 bits per heavy atom. The maximum absolute atomic E-state index is 10.7. The third-order valence-electron chi connectivity index (χ3n) is 2.46. The Kier molecular flexibility index (Phi) is 4.84. The molecule has 4 nitrogen and oxygen atoms in total. The number of phenolic OH excluding ortho intramolecular Hbond substituents is 1. The van der Waals surface area contributed by atoms with E-state index in [0.29, 0.717) is 6.42 Å². The molecule has 0 fully saturated rings. The molecule has 0 aliphatic heterocycles. The van der Waals surface area contributed by atoms with E-state index in [1.807, 2.05) is 6.92 Å². The van der Waals surface area contributed by atoms with Crippen molar-refractivity contribution in [2.75, 3.05) is 0 Å². The van der Waals surface area contributed by atoms with Crippen LogP contribution in [0.25, 0.3) is 0 Å². The van der Waals surface area contributed by atoms with Gasteiger partial charge in [-0.2, -0.15) is 12.6 Å². The summed E-state index contributed by atoms with van der Waals surface area (Å²) < 4.78 is 0. The number of rotatable bonds is 5. The van der Waals surface area contributed by atoms with E-state index in [4.69, 9.17) is 10.8 Å². The van der Waals surface area contributed by atoms with Gasteiger partial charge in [0.25, 0.3) is 0 Å². The van der Waals surface area contributed by atoms with Gasteiger partial charge < -0.3 is 15.9 Å². The molecule has 1 aromatic carbocycles. The Labute approximate surface area is 106 Å². The summed E-state index contributed by atoms with van der Waals surface area (Å²) >= 11 is 4.29. The Morgan fingerprint density at radius 1 is 1.41 bits per heavy atom. The number of carboxylic acid groups (broad SMARTS) is 1. The van der Waals surface area contributed by atoms with E-state index in [-0.39, 0.29) is 17.4 Å². The predicted octanol–water partition coefficient (Wildman–Crippen LogP) is 1.21. The van der Waals surface area contributed by atoms with Crippen molar-refractivity contribution in [3.05, 3.63) is 29.3 Å². The second-order valence-corrected chi connectivity index (χ2v) is 5.04. The largest absolute Gasteiger partial charge is 0.508 e. The highest BCUT2D eigenvalue weighted by Gasteiger charge is 2.15. The number of carboxylic acids is 1. The summed E-state index contributed by atoms with van der Waals surface area (Å²) in [7, 11) is 0. The zero-order valence-corrected chi connectivity index (χ0v) is 10.5. The zero-order valence-electron chi connectivity index (χ0n) is 9.63. The first-order valence-electron chi connectivity index (χ1n) is 5.37. The van der Waals surface area contributed by atoms with Crippen molar-refractivity contribution in [3.63, 3.8) is 0 Å². The molecule has 0 spiro atoms. The zero-order chi connectivity index (χ0) is 13.0. The van der Waals surface area contributed by atoms with Gasteiger partial charge in [0.1, 0.15) is 11.8 Å². The number of aliphatic carboxylic acids is 1. The lowest BCUT2D eigenvalue weighted by Crippen LogP contribution is -2.32. The van der Waals surface area contributed by atoms with Gasteiger partial charge in [-0.05, 0) is 36.1 Å². The minimum atomic E-state index is -1.03. The number of benzene rings is 1. The van der Waals surface area contributed by atoms with Crippen LogP contribution in [0.5, 0.6) is 5.75 Å². The number of thiol groups is 1. The van der Waals surface area contributed by atoms with Crippen molar-refractivity contribution in [3.8, 4) is 5.75 Å². The van der Waals surface area contributed by atoms with E-state index in [1.165, 1.54) is 6.07 Å². The summed E-state index contributed by atoms with van der Waals surface area (Å²) in [6.45, 7) is 1.94. The van der Waals surface area contributed by atoms with Crippen molar-refractivity contribution >= 4 is 18.6 Å². The highest BCUT2D eigenvalue weighted by molar-refractivity contribution is 7.80. The van der Waals surface area contributed by atoms with Crippen LogP contribution in [0, 0.1) is 0 Å². The second kappa shape index (κ2) is 5.93. The topological polar surface area (TPSA) is 83.5 Å². The molecule has 0 aliphatic rings. The standard InChI is InChI=1S/C12H17NO3S/c1-7(17)4-9-5-10(14)3-2-8(9)6-11(13)12(15)16/h2-3,5,7,11,14,17H,4,6,13H2,1H3,(H,15,16)/t7?,11-/m0/s1. The molecule has 0 aromatic heterocycles. The fourth-order valence-electron chi connectivity index (χ4n) is 1.64. The minimum absolute atomic E-state index is 0.136. The minimum Gasteiger partial charge on any atom is -0.508 e. The average Bonchev–Trinajstić information content (AvgIpc) is 2.20. The Morgan fingerprint density at radius 2 is 2.06 bits per heavy atom. The molecule has 0 radical (unpaired) electrons. The number of hydrogen-bond donors (Lipinski definition) is 4. The van der Waals surface area contributed by atoms with Gasteiger partial charge in [0, 0.05) is 5.25 Å². The third-order valence-corrected chi connectivity index (χ3v) is 2.64. The van der Waals surface area contributed by atoms with Crippen LogP contribution in [0.2, 0.25) is 0 Å². The molecular weight excluding hydrogens is 238 g/mol. The van der Waals surface area contributed by atoms with Crippen LogP contribution < -0.4 is 5.73 Å². The molecule has 0 aliphatic carbocycles. The molecule has 0 saturated heterocycles. The van der Waals surface area contributed by atoms with Gasteiger partial charge >= 0.3 is 5.97 Å². The summed E-state index contributed by atoms with van der Waals surface area (Å²) in [6, 6.07) is 3.96. The Hall–Kier alpha value is -1.20. The van der Waals surface area contributed by atoms with Gasteiger partial charge in [0.15, 0.2) is 0 Å². The van der Waals surface area contributed by atoms with Gasteiger partial charge in [0.05, 0.1) is 0 Å². The number of aromatic hydroxyl groups is 1. The van der Waals surface area contributed by atoms with Gasteiger partial charge in [-0.15, -0.1) is 0 Å². The molecule has 94 valence electrons.